The minimum atomic E-state index is -3.89. The number of carboxylic acids is 1. The average Bonchev–Trinajstić information content (AvgIpc) is 2.42. The maximum absolute atomic E-state index is 11.9. The van der Waals surface area contributed by atoms with Crippen molar-refractivity contribution in [2.24, 2.45) is 0 Å². The highest BCUT2D eigenvalue weighted by atomic mass is 31.2. The molecule has 2 atom stereocenters. The molecular formula is C14H21O5P. The minimum Gasteiger partial charge on any atom is -0.479 e. The zero-order valence-corrected chi connectivity index (χ0v) is 12.5. The Morgan fingerprint density at radius 1 is 1.35 bits per heavy atom. The summed E-state index contributed by atoms with van der Waals surface area (Å²) < 4.78 is 16.9. The topological polar surface area (TPSA) is 83.8 Å². The fourth-order valence-electron chi connectivity index (χ4n) is 1.78. The number of aliphatic carboxylic acids is 1. The number of benzene rings is 1. The molecule has 0 aliphatic carbocycles. The van der Waals surface area contributed by atoms with Crippen molar-refractivity contribution in [1.82, 2.24) is 0 Å². The minimum absolute atomic E-state index is 0.0765. The van der Waals surface area contributed by atoms with Gasteiger partial charge in [0, 0.05) is 0 Å². The van der Waals surface area contributed by atoms with Crippen molar-refractivity contribution in [1.29, 1.82) is 0 Å². The van der Waals surface area contributed by atoms with Crippen molar-refractivity contribution in [2.75, 3.05) is 6.16 Å². The summed E-state index contributed by atoms with van der Waals surface area (Å²) in [4.78, 5) is 20.8. The summed E-state index contributed by atoms with van der Waals surface area (Å²) in [6.07, 6.45) is 0.813. The molecule has 0 heterocycles. The van der Waals surface area contributed by atoms with Crippen LogP contribution in [0.3, 0.4) is 0 Å². The van der Waals surface area contributed by atoms with Crippen LogP contribution in [0, 0.1) is 0 Å². The highest BCUT2D eigenvalue weighted by Gasteiger charge is 2.28. The molecule has 1 aromatic carbocycles. The van der Waals surface area contributed by atoms with E-state index >= 15 is 0 Å². The van der Waals surface area contributed by atoms with E-state index in [1.165, 1.54) is 0 Å². The van der Waals surface area contributed by atoms with Crippen molar-refractivity contribution >= 4 is 13.6 Å². The molecule has 0 fully saturated rings. The molecule has 0 aliphatic heterocycles. The summed E-state index contributed by atoms with van der Waals surface area (Å²) in [6, 6.07) is 9.26. The molecule has 0 saturated heterocycles. The fourth-order valence-corrected chi connectivity index (χ4v) is 3.02. The van der Waals surface area contributed by atoms with Gasteiger partial charge in [0.2, 0.25) is 0 Å². The van der Waals surface area contributed by atoms with Gasteiger partial charge in [-0.15, -0.1) is 0 Å². The summed E-state index contributed by atoms with van der Waals surface area (Å²) in [7, 11) is -3.89. The maximum atomic E-state index is 11.9. The number of aryl methyl sites for hydroxylation is 1. The van der Waals surface area contributed by atoms with Crippen LogP contribution in [-0.4, -0.2) is 28.2 Å². The molecule has 0 saturated carbocycles. The van der Waals surface area contributed by atoms with Crippen molar-refractivity contribution in [3.05, 3.63) is 35.9 Å². The van der Waals surface area contributed by atoms with E-state index in [0.29, 0.717) is 12.8 Å². The lowest BCUT2D eigenvalue weighted by molar-refractivity contribution is -0.145. The monoisotopic (exact) mass is 300 g/mol. The van der Waals surface area contributed by atoms with Crippen LogP contribution in [-0.2, 0) is 20.3 Å². The third-order valence-corrected chi connectivity index (χ3v) is 4.29. The van der Waals surface area contributed by atoms with Crippen LogP contribution in [0.4, 0.5) is 0 Å². The lowest BCUT2D eigenvalue weighted by Crippen LogP contribution is -2.23. The van der Waals surface area contributed by atoms with Gasteiger partial charge in [-0.05, 0) is 18.4 Å². The molecule has 0 spiro atoms. The van der Waals surface area contributed by atoms with Crippen LogP contribution >= 0.6 is 7.60 Å². The van der Waals surface area contributed by atoms with Crippen LogP contribution in [0.2, 0.25) is 0 Å². The quantitative estimate of drug-likeness (QED) is 0.685. The SMILES string of the molecule is CCCC[C@H](OP(=O)(O)CCc1ccccc1)C(=O)O. The maximum Gasteiger partial charge on any atom is 0.333 e. The van der Waals surface area contributed by atoms with Crippen LogP contribution in [0.15, 0.2) is 30.3 Å². The molecule has 0 aromatic heterocycles. The first-order valence-electron chi connectivity index (χ1n) is 6.71. The second-order valence-electron chi connectivity index (χ2n) is 4.67. The molecule has 20 heavy (non-hydrogen) atoms. The Morgan fingerprint density at radius 3 is 2.55 bits per heavy atom. The third kappa shape index (κ3) is 6.33. The highest BCUT2D eigenvalue weighted by molar-refractivity contribution is 7.52. The number of unbranched alkanes of at least 4 members (excludes halogenated alkanes) is 1. The molecule has 0 bridgehead atoms. The van der Waals surface area contributed by atoms with E-state index in [9.17, 15) is 14.3 Å². The van der Waals surface area contributed by atoms with Crippen LogP contribution < -0.4 is 0 Å². The molecule has 0 aliphatic rings. The van der Waals surface area contributed by atoms with E-state index in [0.717, 1.165) is 12.0 Å². The van der Waals surface area contributed by atoms with Crippen molar-refractivity contribution < 1.29 is 23.9 Å². The normalized spacial score (nSPS) is 15.5. The summed E-state index contributed by atoms with van der Waals surface area (Å²) in [5.74, 6) is -1.19. The Bertz CT molecular complexity index is 460. The molecule has 1 rings (SSSR count). The van der Waals surface area contributed by atoms with E-state index in [2.05, 4.69) is 0 Å². The zero-order chi connectivity index (χ0) is 15.0. The Kier molecular flexibility index (Phi) is 6.93. The number of hydrogen-bond acceptors (Lipinski definition) is 3. The predicted molar refractivity (Wildman–Crippen MR) is 76.9 cm³/mol. The Balaban J connectivity index is 2.54. The van der Waals surface area contributed by atoms with Gasteiger partial charge in [-0.25, -0.2) is 4.79 Å². The van der Waals surface area contributed by atoms with E-state index in [-0.39, 0.29) is 12.6 Å². The van der Waals surface area contributed by atoms with Gasteiger partial charge < -0.3 is 10.00 Å². The second-order valence-corrected chi connectivity index (χ2v) is 6.60. The van der Waals surface area contributed by atoms with Crippen molar-refractivity contribution in [2.45, 2.75) is 38.7 Å². The van der Waals surface area contributed by atoms with E-state index < -0.39 is 19.7 Å². The standard InChI is InChI=1S/C14H21O5P/c1-2-3-9-13(14(15)16)19-20(17,18)11-10-12-7-5-4-6-8-12/h4-8,13H,2-3,9-11H2,1H3,(H,15,16)(H,17,18)/t13-/m0/s1. The van der Waals surface area contributed by atoms with Gasteiger partial charge in [0.05, 0.1) is 6.16 Å². The summed E-state index contributed by atoms with van der Waals surface area (Å²) in [6.45, 7) is 1.92. The summed E-state index contributed by atoms with van der Waals surface area (Å²) >= 11 is 0. The van der Waals surface area contributed by atoms with Gasteiger partial charge in [0.25, 0.3) is 0 Å². The number of carbonyl (C=O) groups is 1. The van der Waals surface area contributed by atoms with E-state index in [1.54, 1.807) is 0 Å². The van der Waals surface area contributed by atoms with E-state index in [1.807, 2.05) is 37.3 Å². The first-order chi connectivity index (χ1) is 9.44. The molecule has 0 radical (unpaired) electrons. The fraction of sp³-hybridized carbons (Fsp3) is 0.500. The first kappa shape index (κ1) is 16.9. The molecule has 1 unspecified atom stereocenters. The lowest BCUT2D eigenvalue weighted by atomic mass is 10.2. The summed E-state index contributed by atoms with van der Waals surface area (Å²) in [5, 5.41) is 8.99. The Hall–Kier alpha value is -1.16. The van der Waals surface area contributed by atoms with E-state index in [4.69, 9.17) is 9.63 Å². The van der Waals surface area contributed by atoms with Gasteiger partial charge in [-0.3, -0.25) is 9.09 Å². The Morgan fingerprint density at radius 2 is 2.00 bits per heavy atom. The average molecular weight is 300 g/mol. The highest BCUT2D eigenvalue weighted by Crippen LogP contribution is 2.44. The molecule has 6 heteroatoms. The second kappa shape index (κ2) is 8.20. The van der Waals surface area contributed by atoms with Gasteiger partial charge in [-0.1, -0.05) is 50.1 Å². The molecule has 2 N–H and O–H groups in total. The zero-order valence-electron chi connectivity index (χ0n) is 11.6. The predicted octanol–water partition coefficient (Wildman–Crippen LogP) is 3.07. The number of carboxylic acid groups (broad SMARTS) is 1. The molecular weight excluding hydrogens is 279 g/mol. The van der Waals surface area contributed by atoms with Gasteiger partial charge in [0.1, 0.15) is 0 Å². The summed E-state index contributed by atoms with van der Waals surface area (Å²) in [5.41, 5.74) is 0.922. The lowest BCUT2D eigenvalue weighted by Gasteiger charge is -2.18. The van der Waals surface area contributed by atoms with Gasteiger partial charge in [0.15, 0.2) is 6.10 Å². The number of rotatable bonds is 9. The van der Waals surface area contributed by atoms with Crippen LogP contribution in [0.1, 0.15) is 31.7 Å². The van der Waals surface area contributed by atoms with Crippen molar-refractivity contribution in [3.8, 4) is 0 Å². The van der Waals surface area contributed by atoms with Gasteiger partial charge in [-0.2, -0.15) is 0 Å². The molecule has 112 valence electrons. The Labute approximate surface area is 119 Å². The third-order valence-electron chi connectivity index (χ3n) is 2.91. The molecule has 1 aromatic rings. The first-order valence-corrected chi connectivity index (χ1v) is 8.48. The van der Waals surface area contributed by atoms with Crippen molar-refractivity contribution in [3.63, 3.8) is 0 Å². The smallest absolute Gasteiger partial charge is 0.333 e. The molecule has 0 amide bonds. The van der Waals surface area contributed by atoms with Crippen LogP contribution in [0.25, 0.3) is 0 Å². The largest absolute Gasteiger partial charge is 0.479 e. The number of hydrogen-bond donors (Lipinski definition) is 2. The van der Waals surface area contributed by atoms with Crippen LogP contribution in [0.5, 0.6) is 0 Å². The van der Waals surface area contributed by atoms with Gasteiger partial charge >= 0.3 is 13.6 Å². The molecule has 5 nitrogen and oxygen atoms in total.